The number of phenols is 1. The van der Waals surface area contributed by atoms with Gasteiger partial charge in [0.05, 0.1) is 18.3 Å². The van der Waals surface area contributed by atoms with Gasteiger partial charge in [-0.2, -0.15) is 0 Å². The minimum absolute atomic E-state index is 0.0123. The zero-order chi connectivity index (χ0) is 22.2. The number of terminal acetylenes is 1. The van der Waals surface area contributed by atoms with Crippen molar-refractivity contribution in [3.8, 4) is 18.1 Å². The van der Waals surface area contributed by atoms with Crippen molar-refractivity contribution in [3.05, 3.63) is 28.8 Å². The van der Waals surface area contributed by atoms with Gasteiger partial charge in [-0.15, -0.1) is 6.42 Å². The molecule has 0 fully saturated rings. The molecule has 0 bridgehead atoms. The summed E-state index contributed by atoms with van der Waals surface area (Å²) in [5, 5.41) is 13.0. The van der Waals surface area contributed by atoms with Crippen LogP contribution in [-0.2, 0) is 32.0 Å². The van der Waals surface area contributed by atoms with Crippen LogP contribution in [0, 0.1) is 12.3 Å². The van der Waals surface area contributed by atoms with Gasteiger partial charge < -0.3 is 24.6 Å². The van der Waals surface area contributed by atoms with Crippen molar-refractivity contribution in [3.63, 3.8) is 0 Å². The number of aromatic hydroxyl groups is 1. The minimum atomic E-state index is -0.809. The van der Waals surface area contributed by atoms with E-state index >= 15 is 0 Å². The van der Waals surface area contributed by atoms with Crippen LogP contribution in [0.4, 0.5) is 4.79 Å². The first-order valence-corrected chi connectivity index (χ1v) is 9.57. The zero-order valence-corrected chi connectivity index (χ0v) is 18.0. The Bertz CT molecular complexity index is 758. The monoisotopic (exact) mass is 405 g/mol. The molecule has 160 valence electrons. The van der Waals surface area contributed by atoms with Gasteiger partial charge in [0.2, 0.25) is 0 Å². The molecule has 1 unspecified atom stereocenters. The maximum atomic E-state index is 12.2. The lowest BCUT2D eigenvalue weighted by molar-refractivity contribution is -0.159. The molecule has 1 aromatic carbocycles. The van der Waals surface area contributed by atoms with Gasteiger partial charge in [0, 0.05) is 18.5 Å². The molecule has 0 heterocycles. The molecule has 1 amide bonds. The average Bonchev–Trinajstić information content (AvgIpc) is 2.59. The summed E-state index contributed by atoms with van der Waals surface area (Å²) in [6, 6.07) is 3.28. The molecule has 0 radical (unpaired) electrons. The Labute approximate surface area is 172 Å². The van der Waals surface area contributed by atoms with Crippen LogP contribution in [0.25, 0.3) is 0 Å². The standard InChI is InChI=1S/C22H31NO6/c1-8-16-10-15(12-18(28-14(3)4)20(25)27-9-2)11-17(19(16)24)13-23-21(26)29-22(5,6)7/h1,10-11,14,18,24H,9,12-13H2,2-7H3,(H,23,26). The van der Waals surface area contributed by atoms with Crippen LogP contribution in [-0.4, -0.2) is 41.6 Å². The quantitative estimate of drug-likeness (QED) is 0.509. The number of phenolic OH excluding ortho intramolecular Hbond substituents is 1. The Morgan fingerprint density at radius 1 is 1.28 bits per heavy atom. The van der Waals surface area contributed by atoms with Gasteiger partial charge in [0.1, 0.15) is 11.4 Å². The van der Waals surface area contributed by atoms with Crippen LogP contribution in [0.2, 0.25) is 0 Å². The Balaban J connectivity index is 3.06. The molecule has 1 aromatic rings. The molecule has 0 aliphatic heterocycles. The predicted octanol–water partition coefficient (Wildman–Crippen LogP) is 3.30. The molecule has 29 heavy (non-hydrogen) atoms. The van der Waals surface area contributed by atoms with Crippen molar-refractivity contribution >= 4 is 12.1 Å². The first-order chi connectivity index (χ1) is 13.5. The first kappa shape index (κ1) is 24.3. The maximum absolute atomic E-state index is 12.2. The van der Waals surface area contributed by atoms with Gasteiger partial charge >= 0.3 is 12.1 Å². The lowest BCUT2D eigenvalue weighted by Crippen LogP contribution is -2.32. The second kappa shape index (κ2) is 10.7. The molecule has 1 rings (SSSR count). The number of carbonyl (C=O) groups excluding carboxylic acids is 2. The largest absolute Gasteiger partial charge is 0.506 e. The molecule has 0 saturated carbocycles. The molecule has 7 nitrogen and oxygen atoms in total. The number of benzene rings is 1. The molecular formula is C22H31NO6. The summed E-state index contributed by atoms with van der Waals surface area (Å²) in [5.74, 6) is 1.85. The lowest BCUT2D eigenvalue weighted by Gasteiger charge is -2.21. The van der Waals surface area contributed by atoms with Crippen molar-refractivity contribution < 1.29 is 28.9 Å². The van der Waals surface area contributed by atoms with Gasteiger partial charge in [-0.3, -0.25) is 0 Å². The van der Waals surface area contributed by atoms with Crippen LogP contribution >= 0.6 is 0 Å². The summed E-state index contributed by atoms with van der Waals surface area (Å²) in [7, 11) is 0. The summed E-state index contributed by atoms with van der Waals surface area (Å²) >= 11 is 0. The van der Waals surface area contributed by atoms with Gasteiger partial charge in [-0.25, -0.2) is 9.59 Å². The second-order valence-electron chi connectivity index (χ2n) is 7.78. The number of hydrogen-bond donors (Lipinski definition) is 2. The van der Waals surface area contributed by atoms with Crippen LogP contribution < -0.4 is 5.32 Å². The summed E-state index contributed by atoms with van der Waals surface area (Å²) < 4.78 is 16.0. The Morgan fingerprint density at radius 3 is 2.45 bits per heavy atom. The third-order valence-corrected chi connectivity index (χ3v) is 3.63. The summed E-state index contributed by atoms with van der Waals surface area (Å²) in [5.41, 5.74) is 0.707. The number of alkyl carbamates (subject to hydrolysis) is 1. The topological polar surface area (TPSA) is 94.1 Å². The summed E-state index contributed by atoms with van der Waals surface area (Å²) in [4.78, 5) is 24.1. The molecule has 0 aliphatic rings. The smallest absolute Gasteiger partial charge is 0.407 e. The fraction of sp³-hybridized carbons (Fsp3) is 0.545. The molecular weight excluding hydrogens is 374 g/mol. The molecule has 0 saturated heterocycles. The summed E-state index contributed by atoms with van der Waals surface area (Å²) in [6.07, 6.45) is 4.11. The average molecular weight is 405 g/mol. The van der Waals surface area contributed by atoms with E-state index in [1.165, 1.54) is 0 Å². The van der Waals surface area contributed by atoms with Crippen LogP contribution in [0.1, 0.15) is 58.2 Å². The van der Waals surface area contributed by atoms with Gasteiger partial charge in [-0.05, 0) is 53.2 Å². The number of carbonyl (C=O) groups is 2. The van der Waals surface area contributed by atoms with E-state index < -0.39 is 23.8 Å². The predicted molar refractivity (Wildman–Crippen MR) is 109 cm³/mol. The highest BCUT2D eigenvalue weighted by Crippen LogP contribution is 2.25. The van der Waals surface area contributed by atoms with Gasteiger partial charge in [0.25, 0.3) is 0 Å². The highest BCUT2D eigenvalue weighted by atomic mass is 16.6. The number of rotatable bonds is 8. The van der Waals surface area contributed by atoms with E-state index in [4.69, 9.17) is 20.6 Å². The number of esters is 1. The van der Waals surface area contributed by atoms with Gasteiger partial charge in [0.15, 0.2) is 6.10 Å². The maximum Gasteiger partial charge on any atom is 0.407 e. The number of amides is 1. The van der Waals surface area contributed by atoms with E-state index in [0.29, 0.717) is 11.1 Å². The van der Waals surface area contributed by atoms with E-state index in [9.17, 15) is 14.7 Å². The van der Waals surface area contributed by atoms with Crippen molar-refractivity contribution in [1.29, 1.82) is 0 Å². The molecule has 0 aliphatic carbocycles. The fourth-order valence-electron chi connectivity index (χ4n) is 2.57. The fourth-order valence-corrected chi connectivity index (χ4v) is 2.57. The van der Waals surface area contributed by atoms with E-state index in [1.807, 2.05) is 13.8 Å². The van der Waals surface area contributed by atoms with E-state index in [-0.39, 0.29) is 37.0 Å². The minimum Gasteiger partial charge on any atom is -0.506 e. The van der Waals surface area contributed by atoms with Crippen molar-refractivity contribution in [1.82, 2.24) is 5.32 Å². The second-order valence-corrected chi connectivity index (χ2v) is 7.78. The van der Waals surface area contributed by atoms with E-state index in [0.717, 1.165) is 0 Å². The molecule has 2 N–H and O–H groups in total. The van der Waals surface area contributed by atoms with Crippen LogP contribution in [0.15, 0.2) is 12.1 Å². The lowest BCUT2D eigenvalue weighted by atomic mass is 9.99. The van der Waals surface area contributed by atoms with Crippen molar-refractivity contribution in [2.75, 3.05) is 6.61 Å². The highest BCUT2D eigenvalue weighted by Gasteiger charge is 2.24. The normalized spacial score (nSPS) is 12.2. The van der Waals surface area contributed by atoms with E-state index in [1.54, 1.807) is 39.8 Å². The number of hydrogen-bond acceptors (Lipinski definition) is 6. The number of ether oxygens (including phenoxy) is 3. The summed E-state index contributed by atoms with van der Waals surface area (Å²) in [6.45, 7) is 10.9. The molecule has 0 spiro atoms. The van der Waals surface area contributed by atoms with E-state index in [2.05, 4.69) is 11.2 Å². The van der Waals surface area contributed by atoms with Crippen molar-refractivity contribution in [2.24, 2.45) is 0 Å². The zero-order valence-electron chi connectivity index (χ0n) is 18.0. The Morgan fingerprint density at radius 2 is 1.93 bits per heavy atom. The first-order valence-electron chi connectivity index (χ1n) is 9.57. The highest BCUT2D eigenvalue weighted by molar-refractivity contribution is 5.75. The molecule has 1 atom stereocenters. The SMILES string of the molecule is C#Cc1cc(CC(OC(C)C)C(=O)OCC)cc(CNC(=O)OC(C)(C)C)c1O. The van der Waals surface area contributed by atoms with Crippen molar-refractivity contribution in [2.45, 2.75) is 72.3 Å². The van der Waals surface area contributed by atoms with Gasteiger partial charge in [-0.1, -0.05) is 12.0 Å². The van der Waals surface area contributed by atoms with Crippen LogP contribution in [0.5, 0.6) is 5.75 Å². The number of nitrogens with one attached hydrogen (secondary N) is 1. The molecule has 7 heteroatoms. The Kier molecular flexibility index (Phi) is 8.99. The third-order valence-electron chi connectivity index (χ3n) is 3.63. The van der Waals surface area contributed by atoms with Crippen LogP contribution in [0.3, 0.4) is 0 Å². The Hall–Kier alpha value is -2.72. The molecule has 0 aromatic heterocycles. The third kappa shape index (κ3) is 8.44.